The summed E-state index contributed by atoms with van der Waals surface area (Å²) in [6, 6.07) is 9.84. The number of carbonyl (C=O) groups is 1. The molecule has 2 aromatic rings. The third-order valence-electron chi connectivity index (χ3n) is 4.16. The van der Waals surface area contributed by atoms with E-state index < -0.39 is 0 Å². The molecule has 1 aromatic heterocycles. The second-order valence-electron chi connectivity index (χ2n) is 5.88. The molecule has 0 radical (unpaired) electrons. The third kappa shape index (κ3) is 4.01. The summed E-state index contributed by atoms with van der Waals surface area (Å²) < 4.78 is 5.40. The van der Waals surface area contributed by atoms with Crippen molar-refractivity contribution in [2.45, 2.75) is 13.8 Å². The summed E-state index contributed by atoms with van der Waals surface area (Å²) in [6.45, 7) is 8.77. The second kappa shape index (κ2) is 7.88. The molecule has 1 saturated heterocycles. The summed E-state index contributed by atoms with van der Waals surface area (Å²) in [6.07, 6.45) is 0. The first-order valence-electron chi connectivity index (χ1n) is 8.26. The number of rotatable bonds is 5. The van der Waals surface area contributed by atoms with Crippen LogP contribution < -0.4 is 4.90 Å². The third-order valence-corrected chi connectivity index (χ3v) is 5.05. The van der Waals surface area contributed by atoms with E-state index in [4.69, 9.17) is 4.74 Å². The minimum Gasteiger partial charge on any atom is -0.379 e. The highest BCUT2D eigenvalue weighted by Gasteiger charge is 2.23. The van der Waals surface area contributed by atoms with Crippen molar-refractivity contribution in [1.29, 1.82) is 0 Å². The zero-order valence-electron chi connectivity index (χ0n) is 14.2. The van der Waals surface area contributed by atoms with Crippen LogP contribution >= 0.6 is 11.3 Å². The van der Waals surface area contributed by atoms with E-state index in [1.807, 2.05) is 49.1 Å². The number of hydrogen-bond donors (Lipinski definition) is 0. The van der Waals surface area contributed by atoms with Gasteiger partial charge in [-0.3, -0.25) is 9.69 Å². The van der Waals surface area contributed by atoms with Gasteiger partial charge in [-0.2, -0.15) is 0 Å². The first-order chi connectivity index (χ1) is 11.6. The Bertz CT molecular complexity index is 681. The molecule has 1 amide bonds. The van der Waals surface area contributed by atoms with Gasteiger partial charge in [-0.15, -0.1) is 11.3 Å². The molecule has 2 heterocycles. The molecule has 1 aliphatic rings. The van der Waals surface area contributed by atoms with E-state index >= 15 is 0 Å². The Hall–Kier alpha value is -1.76. The molecular weight excluding hydrogens is 322 g/mol. The Morgan fingerprint density at radius 1 is 1.25 bits per heavy atom. The maximum absolute atomic E-state index is 13.1. The molecule has 0 bridgehead atoms. The van der Waals surface area contributed by atoms with Crippen molar-refractivity contribution < 1.29 is 9.53 Å². The normalized spacial score (nSPS) is 15.4. The average molecular weight is 345 g/mol. The van der Waals surface area contributed by atoms with E-state index in [2.05, 4.69) is 9.88 Å². The maximum Gasteiger partial charge on any atom is 0.278 e. The van der Waals surface area contributed by atoms with Crippen molar-refractivity contribution in [1.82, 2.24) is 9.88 Å². The van der Waals surface area contributed by atoms with Crippen molar-refractivity contribution >= 4 is 22.9 Å². The molecule has 0 N–H and O–H groups in total. The Morgan fingerprint density at radius 2 is 1.96 bits per heavy atom. The highest BCUT2D eigenvalue weighted by molar-refractivity contribution is 7.11. The first-order valence-corrected chi connectivity index (χ1v) is 9.08. The number of para-hydroxylation sites is 1. The molecule has 1 aromatic carbocycles. The summed E-state index contributed by atoms with van der Waals surface area (Å²) in [4.78, 5) is 22.7. The molecule has 128 valence electrons. The van der Waals surface area contributed by atoms with Crippen molar-refractivity contribution in [3.8, 4) is 0 Å². The van der Waals surface area contributed by atoms with Crippen LogP contribution in [-0.2, 0) is 4.74 Å². The number of amides is 1. The summed E-state index contributed by atoms with van der Waals surface area (Å²) in [5.74, 6) is -0.0173. The predicted molar refractivity (Wildman–Crippen MR) is 97.0 cm³/mol. The summed E-state index contributed by atoms with van der Waals surface area (Å²) in [7, 11) is 0. The molecule has 6 heteroatoms. The number of aryl methyl sites for hydroxylation is 2. The van der Waals surface area contributed by atoms with Crippen molar-refractivity contribution in [3.63, 3.8) is 0 Å². The van der Waals surface area contributed by atoms with Gasteiger partial charge >= 0.3 is 0 Å². The summed E-state index contributed by atoms with van der Waals surface area (Å²) in [5, 5.41) is 0.928. The lowest BCUT2D eigenvalue weighted by Gasteiger charge is -2.30. The fraction of sp³-hybridized carbons (Fsp3) is 0.444. The van der Waals surface area contributed by atoms with E-state index in [-0.39, 0.29) is 5.91 Å². The van der Waals surface area contributed by atoms with Gasteiger partial charge in [-0.1, -0.05) is 18.2 Å². The molecule has 0 unspecified atom stereocenters. The Morgan fingerprint density at radius 3 is 2.58 bits per heavy atom. The number of morpholine rings is 1. The molecule has 0 spiro atoms. The van der Waals surface area contributed by atoms with Gasteiger partial charge in [-0.25, -0.2) is 4.98 Å². The number of anilines is 1. The van der Waals surface area contributed by atoms with E-state index in [0.29, 0.717) is 12.2 Å². The van der Waals surface area contributed by atoms with Gasteiger partial charge in [0.25, 0.3) is 5.91 Å². The van der Waals surface area contributed by atoms with Crippen LogP contribution in [0.2, 0.25) is 0 Å². The van der Waals surface area contributed by atoms with Crippen LogP contribution in [0.25, 0.3) is 0 Å². The van der Waals surface area contributed by atoms with Crippen LogP contribution in [0.4, 0.5) is 5.69 Å². The maximum atomic E-state index is 13.1. The summed E-state index contributed by atoms with van der Waals surface area (Å²) >= 11 is 1.57. The predicted octanol–water partition coefficient (Wildman–Crippen LogP) is 2.74. The largest absolute Gasteiger partial charge is 0.379 e. The molecule has 24 heavy (non-hydrogen) atoms. The lowest BCUT2D eigenvalue weighted by molar-refractivity contribution is 0.0391. The van der Waals surface area contributed by atoms with E-state index in [1.54, 1.807) is 11.3 Å². The van der Waals surface area contributed by atoms with E-state index in [9.17, 15) is 4.79 Å². The Balaban J connectivity index is 1.79. The van der Waals surface area contributed by atoms with Crippen LogP contribution in [0, 0.1) is 13.8 Å². The Kier molecular flexibility index (Phi) is 5.60. The quantitative estimate of drug-likeness (QED) is 0.836. The number of nitrogens with zero attached hydrogens (tertiary/aromatic N) is 3. The monoisotopic (exact) mass is 345 g/mol. The van der Waals surface area contributed by atoms with Crippen LogP contribution in [0.3, 0.4) is 0 Å². The van der Waals surface area contributed by atoms with Crippen LogP contribution in [0.1, 0.15) is 20.4 Å². The number of benzene rings is 1. The lowest BCUT2D eigenvalue weighted by Crippen LogP contribution is -2.43. The summed E-state index contributed by atoms with van der Waals surface area (Å²) in [5.41, 5.74) is 1.49. The Labute approximate surface area is 146 Å². The minimum absolute atomic E-state index is 0.0173. The fourth-order valence-corrected chi connectivity index (χ4v) is 3.69. The molecule has 1 fully saturated rings. The second-order valence-corrected chi connectivity index (χ2v) is 7.29. The number of aromatic nitrogens is 1. The van der Waals surface area contributed by atoms with Gasteiger partial charge in [-0.05, 0) is 26.0 Å². The molecule has 1 aliphatic heterocycles. The highest BCUT2D eigenvalue weighted by Crippen LogP contribution is 2.22. The fourth-order valence-electron chi connectivity index (χ4n) is 2.88. The van der Waals surface area contributed by atoms with Crippen LogP contribution in [0.15, 0.2) is 30.3 Å². The molecule has 5 nitrogen and oxygen atoms in total. The average Bonchev–Trinajstić information content (AvgIpc) is 2.95. The van der Waals surface area contributed by atoms with Crippen molar-refractivity contribution in [3.05, 3.63) is 45.9 Å². The van der Waals surface area contributed by atoms with Gasteiger partial charge in [0, 0.05) is 36.7 Å². The molecular formula is C18H23N3O2S. The SMILES string of the molecule is Cc1nc(C(=O)N(CCN2CCOCC2)c2ccccc2)c(C)s1. The van der Waals surface area contributed by atoms with Crippen LogP contribution in [0.5, 0.6) is 0 Å². The van der Waals surface area contributed by atoms with Gasteiger partial charge in [0.15, 0.2) is 0 Å². The molecule has 0 saturated carbocycles. The highest BCUT2D eigenvalue weighted by atomic mass is 32.1. The smallest absolute Gasteiger partial charge is 0.278 e. The zero-order chi connectivity index (χ0) is 16.9. The number of carbonyl (C=O) groups excluding carboxylic acids is 1. The van der Waals surface area contributed by atoms with Gasteiger partial charge in [0.1, 0.15) is 5.69 Å². The zero-order valence-corrected chi connectivity index (χ0v) is 15.0. The standard InChI is InChI=1S/C18H23N3O2S/c1-14-17(19-15(2)24-14)18(22)21(16-6-4-3-5-7-16)9-8-20-10-12-23-13-11-20/h3-7H,8-13H2,1-2H3. The molecule has 0 aliphatic carbocycles. The number of ether oxygens (including phenoxy) is 1. The number of thiazole rings is 1. The number of hydrogen-bond acceptors (Lipinski definition) is 5. The van der Waals surface area contributed by atoms with Gasteiger partial charge in [0.05, 0.1) is 18.2 Å². The van der Waals surface area contributed by atoms with E-state index in [1.165, 1.54) is 0 Å². The van der Waals surface area contributed by atoms with Gasteiger partial charge < -0.3 is 9.64 Å². The van der Waals surface area contributed by atoms with Crippen molar-refractivity contribution in [2.24, 2.45) is 0 Å². The molecule has 0 atom stereocenters. The minimum atomic E-state index is -0.0173. The first kappa shape index (κ1) is 17.1. The van der Waals surface area contributed by atoms with Gasteiger partial charge in [0.2, 0.25) is 0 Å². The van der Waals surface area contributed by atoms with Crippen LogP contribution in [-0.4, -0.2) is 55.2 Å². The molecule has 3 rings (SSSR count). The lowest BCUT2D eigenvalue weighted by atomic mass is 10.2. The topological polar surface area (TPSA) is 45.7 Å². The van der Waals surface area contributed by atoms with E-state index in [0.717, 1.165) is 48.4 Å². The van der Waals surface area contributed by atoms with Crippen molar-refractivity contribution in [2.75, 3.05) is 44.3 Å².